The second kappa shape index (κ2) is 7.90. The van der Waals surface area contributed by atoms with Crippen LogP contribution in [0.3, 0.4) is 0 Å². The van der Waals surface area contributed by atoms with Crippen LogP contribution in [0.1, 0.15) is 78.6 Å². The van der Waals surface area contributed by atoms with E-state index in [-0.39, 0.29) is 46.4 Å². The van der Waals surface area contributed by atoms with Crippen molar-refractivity contribution in [3.8, 4) is 0 Å². The Balaban J connectivity index is 0.00000228. The van der Waals surface area contributed by atoms with Gasteiger partial charge in [0.15, 0.2) is 0 Å². The van der Waals surface area contributed by atoms with Gasteiger partial charge in [-0.2, -0.15) is 0 Å². The molecule has 0 amide bonds. The number of hydrogen-bond donors (Lipinski definition) is 2. The maximum absolute atomic E-state index is 14.2. The predicted molar refractivity (Wildman–Crippen MR) is 129 cm³/mol. The van der Waals surface area contributed by atoms with E-state index >= 15 is 0 Å². The Kier molecular flexibility index (Phi) is 5.86. The molecule has 2 aliphatic heterocycles. The van der Waals surface area contributed by atoms with Crippen molar-refractivity contribution in [3.05, 3.63) is 5.21 Å². The van der Waals surface area contributed by atoms with Gasteiger partial charge in [-0.1, -0.05) is 13.8 Å². The molecule has 6 heteroatoms. The molecule has 2 N–H and O–H groups in total. The van der Waals surface area contributed by atoms with Crippen molar-refractivity contribution in [3.63, 3.8) is 0 Å². The van der Waals surface area contributed by atoms with E-state index in [9.17, 15) is 20.2 Å². The van der Waals surface area contributed by atoms with Crippen LogP contribution in [0.2, 0.25) is 0 Å². The fourth-order valence-corrected chi connectivity index (χ4v) is 10.7. The number of nitrogens with zero attached hydrogens (tertiary/aromatic N) is 1. The Morgan fingerprint density at radius 2 is 1.70 bits per heavy atom. The number of aliphatic hydroxyl groups excluding tert-OH is 1. The molecule has 2 heterocycles. The third-order valence-corrected chi connectivity index (χ3v) is 12.1. The van der Waals surface area contributed by atoms with E-state index in [4.69, 9.17) is 0 Å². The third kappa shape index (κ3) is 3.35. The van der Waals surface area contributed by atoms with Crippen LogP contribution in [-0.4, -0.2) is 51.5 Å². The number of piperidine rings is 2. The molecular formula is C27H44ClNO4. The van der Waals surface area contributed by atoms with Gasteiger partial charge in [0.05, 0.1) is 19.2 Å². The fourth-order valence-electron chi connectivity index (χ4n) is 10.7. The molecule has 0 radical (unpaired) electrons. The lowest BCUT2D eigenvalue weighted by Crippen LogP contribution is -2.73. The summed E-state index contributed by atoms with van der Waals surface area (Å²) >= 11 is 0. The minimum Gasteiger partial charge on any atom is -0.633 e. The van der Waals surface area contributed by atoms with Gasteiger partial charge in [0.1, 0.15) is 17.4 Å². The molecule has 0 bridgehead atoms. The van der Waals surface area contributed by atoms with Crippen molar-refractivity contribution in [1.82, 2.24) is 0 Å². The topological polar surface area (TPSA) is 80.6 Å². The van der Waals surface area contributed by atoms with Crippen molar-refractivity contribution in [1.29, 1.82) is 0 Å². The summed E-state index contributed by atoms with van der Waals surface area (Å²) in [7, 11) is 0. The Labute approximate surface area is 205 Å². The second-order valence-corrected chi connectivity index (χ2v) is 13.6. The molecule has 6 aliphatic rings. The number of halogens is 1. The van der Waals surface area contributed by atoms with Crippen molar-refractivity contribution in [2.24, 2.45) is 52.8 Å². The first-order valence-electron chi connectivity index (χ1n) is 13.6. The number of carbonyl (C=O) groups excluding carboxylic acids is 1. The van der Waals surface area contributed by atoms with Gasteiger partial charge in [0.2, 0.25) is 0 Å². The van der Waals surface area contributed by atoms with Crippen LogP contribution in [0.25, 0.3) is 0 Å². The molecule has 0 aromatic rings. The van der Waals surface area contributed by atoms with Crippen LogP contribution in [0, 0.1) is 58.0 Å². The highest BCUT2D eigenvalue weighted by Gasteiger charge is 2.66. The van der Waals surface area contributed by atoms with Crippen molar-refractivity contribution in [2.75, 3.05) is 13.1 Å². The minimum atomic E-state index is -0.874. The first kappa shape index (κ1) is 24.5. The minimum absolute atomic E-state index is 0. The van der Waals surface area contributed by atoms with E-state index in [1.54, 1.807) is 0 Å². The van der Waals surface area contributed by atoms with Crippen LogP contribution in [0.15, 0.2) is 0 Å². The van der Waals surface area contributed by atoms with E-state index < -0.39 is 5.60 Å². The van der Waals surface area contributed by atoms with Crippen LogP contribution >= 0.6 is 12.4 Å². The normalized spacial score (nSPS) is 59.9. The zero-order chi connectivity index (χ0) is 22.6. The van der Waals surface area contributed by atoms with E-state index in [0.717, 1.165) is 44.9 Å². The summed E-state index contributed by atoms with van der Waals surface area (Å²) in [6, 6.07) is -0.163. The van der Waals surface area contributed by atoms with E-state index in [1.165, 1.54) is 0 Å². The highest BCUT2D eigenvalue weighted by molar-refractivity contribution is 5.85. The molecule has 33 heavy (non-hydrogen) atoms. The van der Waals surface area contributed by atoms with Crippen molar-refractivity contribution >= 4 is 18.2 Å². The largest absolute Gasteiger partial charge is 0.633 e. The summed E-state index contributed by atoms with van der Waals surface area (Å²) in [5, 5.41) is 36.3. The Bertz CT molecular complexity index is 800. The van der Waals surface area contributed by atoms with Gasteiger partial charge < -0.3 is 20.1 Å². The standard InChI is InChI=1S/C27H43NO4.ClH/c1-15-4-7-25-27(3,31)21-6-5-17-18(20(21)14-28(25,32)13-15)11-22-19(17)12-24(30)23-10-16(29)8-9-26(22,23)2;/h15-23,25,29,31H,4-14H2,1-3H3;1H/t15-,16+,17+,18+,19-,20-,21-,22-,23+,25-,26+,27-,28?;/m0./s1. The lowest BCUT2D eigenvalue weighted by molar-refractivity contribution is -0.933. The van der Waals surface area contributed by atoms with Gasteiger partial charge in [0.25, 0.3) is 0 Å². The zero-order valence-corrected chi connectivity index (χ0v) is 21.4. The molecule has 4 aliphatic carbocycles. The average Bonchev–Trinajstić information content (AvgIpc) is 3.08. The molecule has 2 saturated heterocycles. The summed E-state index contributed by atoms with van der Waals surface area (Å²) in [4.78, 5) is 13.3. The van der Waals surface area contributed by atoms with Crippen molar-refractivity contribution in [2.45, 2.75) is 96.3 Å². The number of aliphatic hydroxyl groups is 2. The van der Waals surface area contributed by atoms with Crippen LogP contribution in [0.4, 0.5) is 0 Å². The highest BCUT2D eigenvalue weighted by atomic mass is 35.5. The molecule has 5 nitrogen and oxygen atoms in total. The van der Waals surface area contributed by atoms with E-state index in [0.29, 0.717) is 67.2 Å². The summed E-state index contributed by atoms with van der Waals surface area (Å²) < 4.78 is -0.182. The van der Waals surface area contributed by atoms with Gasteiger partial charge in [0, 0.05) is 36.5 Å². The maximum Gasteiger partial charge on any atom is 0.136 e. The Hall–Kier alpha value is -0.200. The molecule has 1 unspecified atom stereocenters. The lowest BCUT2D eigenvalue weighted by atomic mass is 9.51. The number of rotatable bonds is 0. The summed E-state index contributed by atoms with van der Waals surface area (Å²) in [6.45, 7) is 7.87. The molecule has 4 saturated carbocycles. The maximum atomic E-state index is 14.2. The van der Waals surface area contributed by atoms with Crippen molar-refractivity contribution < 1.29 is 19.7 Å². The first-order valence-corrected chi connectivity index (χ1v) is 13.6. The van der Waals surface area contributed by atoms with Gasteiger partial charge in [-0.25, -0.2) is 0 Å². The van der Waals surface area contributed by atoms with Gasteiger partial charge in [-0.3, -0.25) is 4.79 Å². The quantitative estimate of drug-likeness (QED) is 0.399. The SMILES string of the molecule is C[C@H]1CC[C@H]2[C@@](C)(O)[C@H]3CC[C@@H]4[C@@H](C[C@H]5[C@H]4CC(=O)[C@H]4C[C@H](O)CC[C@@]45C)[C@@H]3C[N+]2([O-])C1.Cl. The van der Waals surface area contributed by atoms with E-state index in [2.05, 4.69) is 13.8 Å². The predicted octanol–water partition coefficient (Wildman–Crippen LogP) is 4.32. The van der Waals surface area contributed by atoms with E-state index in [1.807, 2.05) is 6.92 Å². The van der Waals surface area contributed by atoms with Gasteiger partial charge in [-0.05, 0) is 81.0 Å². The average molecular weight is 482 g/mol. The summed E-state index contributed by atoms with van der Waals surface area (Å²) in [5.74, 6) is 3.37. The van der Waals surface area contributed by atoms with Crippen LogP contribution < -0.4 is 0 Å². The van der Waals surface area contributed by atoms with Gasteiger partial charge in [-0.15, -0.1) is 12.4 Å². The zero-order valence-electron chi connectivity index (χ0n) is 20.6. The monoisotopic (exact) mass is 481 g/mol. The molecular weight excluding hydrogens is 438 g/mol. The molecule has 13 atom stereocenters. The number of fused-ring (bicyclic) bond motifs is 8. The molecule has 0 aromatic heterocycles. The number of hydrogen-bond acceptors (Lipinski definition) is 4. The van der Waals surface area contributed by atoms with Gasteiger partial charge >= 0.3 is 0 Å². The van der Waals surface area contributed by atoms with Crippen LogP contribution in [-0.2, 0) is 4.79 Å². The summed E-state index contributed by atoms with van der Waals surface area (Å²) in [6.07, 6.45) is 7.96. The molecule has 0 aromatic carbocycles. The third-order valence-electron chi connectivity index (χ3n) is 12.1. The number of hydroxylamine groups is 3. The Morgan fingerprint density at radius 1 is 0.939 bits per heavy atom. The molecule has 6 rings (SSSR count). The summed E-state index contributed by atoms with van der Waals surface area (Å²) in [5.41, 5.74) is -0.865. The molecule has 6 fully saturated rings. The number of Topliss-reactive ketones (excluding diaryl/α,β-unsaturated/α-hetero) is 1. The molecule has 0 spiro atoms. The lowest BCUT2D eigenvalue weighted by Gasteiger charge is -2.66. The number of quaternary nitrogens is 1. The first-order chi connectivity index (χ1) is 15.0. The second-order valence-electron chi connectivity index (χ2n) is 13.6. The highest BCUT2D eigenvalue weighted by Crippen LogP contribution is 2.67. The smallest absolute Gasteiger partial charge is 0.136 e. The number of carbonyl (C=O) groups is 1. The van der Waals surface area contributed by atoms with Crippen LogP contribution in [0.5, 0.6) is 0 Å². The number of ketones is 1. The Morgan fingerprint density at radius 3 is 2.45 bits per heavy atom. The fraction of sp³-hybridized carbons (Fsp3) is 0.963. The molecule has 188 valence electrons.